The Morgan fingerprint density at radius 2 is 1.93 bits per heavy atom. The van der Waals surface area contributed by atoms with Crippen LogP contribution in [0.15, 0.2) is 52.0 Å². The molecule has 0 bridgehead atoms. The van der Waals surface area contributed by atoms with Gasteiger partial charge < -0.3 is 14.5 Å². The van der Waals surface area contributed by atoms with E-state index in [4.69, 9.17) is 9.15 Å². The van der Waals surface area contributed by atoms with Crippen molar-refractivity contribution in [3.8, 4) is 0 Å². The van der Waals surface area contributed by atoms with Gasteiger partial charge in [-0.3, -0.25) is 4.79 Å². The van der Waals surface area contributed by atoms with Gasteiger partial charge in [-0.2, -0.15) is 0 Å². The van der Waals surface area contributed by atoms with E-state index in [1.54, 1.807) is 12.1 Å². The van der Waals surface area contributed by atoms with E-state index in [9.17, 15) is 18.0 Å². The predicted octanol–water partition coefficient (Wildman–Crippen LogP) is 1.58. The van der Waals surface area contributed by atoms with Gasteiger partial charge in [0.2, 0.25) is 10.0 Å². The number of hydrogen-bond acceptors (Lipinski definition) is 6. The normalized spacial score (nSPS) is 15.1. The fourth-order valence-electron chi connectivity index (χ4n) is 2.26. The van der Waals surface area contributed by atoms with Gasteiger partial charge in [-0.05, 0) is 56.2 Å². The Kier molecular flexibility index (Phi) is 5.62. The third-order valence-electron chi connectivity index (χ3n) is 3.99. The summed E-state index contributed by atoms with van der Waals surface area (Å²) in [4.78, 5) is 24.0. The number of hydrogen-bond donors (Lipinski definition) is 2. The molecule has 1 atom stereocenters. The van der Waals surface area contributed by atoms with Crippen LogP contribution in [0.1, 0.15) is 35.9 Å². The molecule has 1 aromatic heterocycles. The average molecular weight is 392 g/mol. The van der Waals surface area contributed by atoms with Crippen LogP contribution in [0.4, 0.5) is 0 Å². The molecule has 1 aliphatic rings. The fraction of sp³-hybridized carbons (Fsp3) is 0.333. The maximum atomic E-state index is 12.3. The second-order valence-corrected chi connectivity index (χ2v) is 8.03. The van der Waals surface area contributed by atoms with Crippen LogP contribution < -0.4 is 10.0 Å². The number of carbonyl (C=O) groups is 2. The summed E-state index contributed by atoms with van der Waals surface area (Å²) >= 11 is 0. The Bertz CT molecular complexity index is 902. The summed E-state index contributed by atoms with van der Waals surface area (Å²) in [5.41, 5.74) is 0.158. The van der Waals surface area contributed by atoms with Gasteiger partial charge in [-0.1, -0.05) is 0 Å². The van der Waals surface area contributed by atoms with Crippen molar-refractivity contribution in [3.05, 3.63) is 54.0 Å². The molecule has 1 heterocycles. The number of rotatable bonds is 8. The smallest absolute Gasteiger partial charge is 0.338 e. The molecular formula is C18H20N2O6S. The number of amides is 1. The van der Waals surface area contributed by atoms with Gasteiger partial charge in [0, 0.05) is 6.04 Å². The summed E-state index contributed by atoms with van der Waals surface area (Å²) in [7, 11) is -3.75. The number of furan rings is 1. The van der Waals surface area contributed by atoms with Gasteiger partial charge in [-0.25, -0.2) is 17.9 Å². The molecule has 0 saturated heterocycles. The monoisotopic (exact) mass is 392 g/mol. The average Bonchev–Trinajstić information content (AvgIpc) is 3.30. The van der Waals surface area contributed by atoms with E-state index in [0.29, 0.717) is 5.76 Å². The number of esters is 1. The zero-order chi connectivity index (χ0) is 19.4. The third-order valence-corrected chi connectivity index (χ3v) is 5.41. The van der Waals surface area contributed by atoms with Crippen molar-refractivity contribution in [1.82, 2.24) is 10.0 Å². The van der Waals surface area contributed by atoms with Crippen LogP contribution in [-0.2, 0) is 26.1 Å². The molecule has 144 valence electrons. The van der Waals surface area contributed by atoms with Crippen molar-refractivity contribution in [3.63, 3.8) is 0 Å². The van der Waals surface area contributed by atoms with Gasteiger partial charge >= 0.3 is 5.97 Å². The molecule has 27 heavy (non-hydrogen) atoms. The van der Waals surface area contributed by atoms with Gasteiger partial charge in [-0.15, -0.1) is 0 Å². The minimum Gasteiger partial charge on any atom is -0.468 e. The highest BCUT2D eigenvalue weighted by molar-refractivity contribution is 7.89. The zero-order valence-electron chi connectivity index (χ0n) is 14.7. The maximum absolute atomic E-state index is 12.3. The standard InChI is InChI=1S/C18H20N2O6S/c1-12(17(21)20-14-6-7-14)26-18(22)13-4-8-16(9-5-13)27(23,24)19-11-15-3-2-10-25-15/h2-5,8-10,12,14,19H,6-7,11H2,1H3,(H,20,21)/t12-/m1/s1. The number of nitrogens with one attached hydrogen (secondary N) is 2. The van der Waals surface area contributed by atoms with Crippen LogP contribution in [0, 0.1) is 0 Å². The molecule has 1 saturated carbocycles. The molecule has 1 aromatic carbocycles. The van der Waals surface area contributed by atoms with Gasteiger partial charge in [0.15, 0.2) is 6.10 Å². The van der Waals surface area contributed by atoms with Crippen LogP contribution in [0.3, 0.4) is 0 Å². The number of carbonyl (C=O) groups excluding carboxylic acids is 2. The molecule has 9 heteroatoms. The Morgan fingerprint density at radius 1 is 1.22 bits per heavy atom. The molecule has 0 spiro atoms. The van der Waals surface area contributed by atoms with Crippen molar-refractivity contribution in [2.45, 2.75) is 43.4 Å². The number of sulfonamides is 1. The first-order valence-corrected chi connectivity index (χ1v) is 9.97. The summed E-state index contributed by atoms with van der Waals surface area (Å²) in [6.45, 7) is 1.51. The lowest BCUT2D eigenvalue weighted by Gasteiger charge is -2.13. The van der Waals surface area contributed by atoms with Crippen LogP contribution in [-0.4, -0.2) is 32.4 Å². The van der Waals surface area contributed by atoms with E-state index in [2.05, 4.69) is 10.0 Å². The second kappa shape index (κ2) is 7.93. The first-order chi connectivity index (χ1) is 12.8. The van der Waals surface area contributed by atoms with Crippen molar-refractivity contribution >= 4 is 21.9 Å². The van der Waals surface area contributed by atoms with Crippen LogP contribution in [0.25, 0.3) is 0 Å². The highest BCUT2D eigenvalue weighted by Gasteiger charge is 2.27. The molecule has 1 fully saturated rings. The van der Waals surface area contributed by atoms with E-state index < -0.39 is 22.1 Å². The van der Waals surface area contributed by atoms with Crippen molar-refractivity contribution < 1.29 is 27.2 Å². The molecular weight excluding hydrogens is 372 g/mol. The van der Waals surface area contributed by atoms with Crippen molar-refractivity contribution in [2.75, 3.05) is 0 Å². The Labute approximate surface area is 156 Å². The largest absolute Gasteiger partial charge is 0.468 e. The van der Waals surface area contributed by atoms with Gasteiger partial charge in [0.05, 0.1) is 23.3 Å². The molecule has 2 N–H and O–H groups in total. The van der Waals surface area contributed by atoms with Crippen LogP contribution in [0.5, 0.6) is 0 Å². The summed E-state index contributed by atoms with van der Waals surface area (Å²) in [6, 6.07) is 8.78. The van der Waals surface area contributed by atoms with E-state index in [-0.39, 0.29) is 29.0 Å². The summed E-state index contributed by atoms with van der Waals surface area (Å²) in [6.07, 6.45) is 2.42. The third kappa shape index (κ3) is 5.18. The lowest BCUT2D eigenvalue weighted by molar-refractivity contribution is -0.129. The van der Waals surface area contributed by atoms with Crippen molar-refractivity contribution in [1.29, 1.82) is 0 Å². The maximum Gasteiger partial charge on any atom is 0.338 e. The topological polar surface area (TPSA) is 115 Å². The van der Waals surface area contributed by atoms with E-state index >= 15 is 0 Å². The molecule has 0 radical (unpaired) electrons. The summed E-state index contributed by atoms with van der Waals surface area (Å²) in [5.74, 6) is -0.551. The van der Waals surface area contributed by atoms with E-state index in [1.807, 2.05) is 0 Å². The summed E-state index contributed by atoms with van der Waals surface area (Å²) < 4.78 is 37.1. The van der Waals surface area contributed by atoms with Crippen LogP contribution in [0.2, 0.25) is 0 Å². The molecule has 8 nitrogen and oxygen atoms in total. The molecule has 0 unspecified atom stereocenters. The van der Waals surface area contributed by atoms with E-state index in [1.165, 1.54) is 37.5 Å². The van der Waals surface area contributed by atoms with Crippen LogP contribution >= 0.6 is 0 Å². The lowest BCUT2D eigenvalue weighted by atomic mass is 10.2. The molecule has 1 aliphatic carbocycles. The zero-order valence-corrected chi connectivity index (χ0v) is 15.5. The second-order valence-electron chi connectivity index (χ2n) is 6.26. The van der Waals surface area contributed by atoms with Crippen molar-refractivity contribution in [2.24, 2.45) is 0 Å². The molecule has 2 aromatic rings. The Balaban J connectivity index is 1.58. The Hall–Kier alpha value is -2.65. The van der Waals surface area contributed by atoms with E-state index in [0.717, 1.165) is 12.8 Å². The summed E-state index contributed by atoms with van der Waals surface area (Å²) in [5, 5.41) is 2.75. The minimum atomic E-state index is -3.75. The molecule has 1 amide bonds. The highest BCUT2D eigenvalue weighted by Crippen LogP contribution is 2.19. The highest BCUT2D eigenvalue weighted by atomic mass is 32.2. The lowest BCUT2D eigenvalue weighted by Crippen LogP contribution is -2.37. The fourth-order valence-corrected chi connectivity index (χ4v) is 3.25. The molecule has 0 aliphatic heterocycles. The quantitative estimate of drug-likeness (QED) is 0.659. The Morgan fingerprint density at radius 3 is 2.52 bits per heavy atom. The molecule has 3 rings (SSSR count). The number of benzene rings is 1. The van der Waals surface area contributed by atoms with Gasteiger partial charge in [0.1, 0.15) is 5.76 Å². The van der Waals surface area contributed by atoms with Gasteiger partial charge in [0.25, 0.3) is 5.91 Å². The minimum absolute atomic E-state index is 0.00475. The first kappa shape index (κ1) is 19.1. The first-order valence-electron chi connectivity index (χ1n) is 8.48. The number of ether oxygens (including phenoxy) is 1. The SMILES string of the molecule is C[C@@H](OC(=O)c1ccc(S(=O)(=O)NCc2ccco2)cc1)C(=O)NC1CC1. The predicted molar refractivity (Wildman–Crippen MR) is 95.2 cm³/mol.